The molecule has 12 rings (SSSR count). The normalized spacial score (nSPS) is 15.7. The largest absolute Gasteiger partial charge is 0.317 e. The van der Waals surface area contributed by atoms with Crippen LogP contribution < -0.4 is 4.90 Å². The zero-order valence-corrected chi connectivity index (χ0v) is 34.0. The Labute approximate surface area is 361 Å². The Kier molecular flexibility index (Phi) is 8.64. The lowest BCUT2D eigenvalue weighted by Gasteiger charge is -2.29. The number of para-hydroxylation sites is 3. The summed E-state index contributed by atoms with van der Waals surface area (Å²) >= 11 is 0. The van der Waals surface area contributed by atoms with Crippen LogP contribution in [0.2, 0.25) is 0 Å². The van der Waals surface area contributed by atoms with E-state index in [-0.39, 0.29) is 12.1 Å². The summed E-state index contributed by atoms with van der Waals surface area (Å²) in [5.74, 6) is 0.999. The molecule has 2 atom stereocenters. The molecule has 0 spiro atoms. The highest BCUT2D eigenvalue weighted by Gasteiger charge is 2.35. The lowest BCUT2D eigenvalue weighted by Crippen LogP contribution is -2.39. The first kappa shape index (κ1) is 35.9. The molecule has 9 aromatic carbocycles. The predicted molar refractivity (Wildman–Crippen MR) is 261 cm³/mol. The molecule has 0 amide bonds. The van der Waals surface area contributed by atoms with E-state index in [0.29, 0.717) is 0 Å². The number of aromatic nitrogens is 1. The van der Waals surface area contributed by atoms with Crippen molar-refractivity contribution >= 4 is 44.0 Å². The van der Waals surface area contributed by atoms with Crippen molar-refractivity contribution in [3.05, 3.63) is 242 Å². The van der Waals surface area contributed by atoms with Crippen molar-refractivity contribution in [1.82, 2.24) is 4.57 Å². The van der Waals surface area contributed by atoms with Crippen LogP contribution in [0.1, 0.15) is 5.56 Å². The number of hydrogen-bond acceptors (Lipinski definition) is 2. The molecule has 2 aliphatic rings. The van der Waals surface area contributed by atoms with Crippen molar-refractivity contribution in [2.75, 3.05) is 4.90 Å². The van der Waals surface area contributed by atoms with Gasteiger partial charge in [0.2, 0.25) is 0 Å². The van der Waals surface area contributed by atoms with E-state index in [2.05, 4.69) is 246 Å². The standard InChI is InChI=1S/C59H41N3/c1-4-16-40(17-5-1)45-36-37-51-52(38-45)58(43-30-28-41(29-31-43)56-39-46-18-10-14-26-54(46)61(56)47-19-6-2-7-20-47)50-24-12-11-23-49(50)57(51)42-32-34-44(35-33-42)59-60-53-25-13-15-27-55(53)62(59)48-21-8-3-9-22-48/h1-39,53,55H. The van der Waals surface area contributed by atoms with Gasteiger partial charge in [0.15, 0.2) is 0 Å². The van der Waals surface area contributed by atoms with E-state index in [1.165, 1.54) is 77.1 Å². The minimum Gasteiger partial charge on any atom is -0.317 e. The van der Waals surface area contributed by atoms with E-state index in [1.54, 1.807) is 0 Å². The van der Waals surface area contributed by atoms with Crippen molar-refractivity contribution < 1.29 is 0 Å². The van der Waals surface area contributed by atoms with Gasteiger partial charge >= 0.3 is 0 Å². The van der Waals surface area contributed by atoms with Crippen molar-refractivity contribution in [2.24, 2.45) is 4.99 Å². The van der Waals surface area contributed by atoms with E-state index in [4.69, 9.17) is 4.99 Å². The second-order valence-electron chi connectivity index (χ2n) is 16.2. The first-order valence-electron chi connectivity index (χ1n) is 21.5. The Morgan fingerprint density at radius 2 is 0.903 bits per heavy atom. The van der Waals surface area contributed by atoms with E-state index in [9.17, 15) is 0 Å². The van der Waals surface area contributed by atoms with E-state index < -0.39 is 0 Å². The molecule has 0 saturated carbocycles. The first-order valence-corrected chi connectivity index (χ1v) is 21.5. The Morgan fingerprint density at radius 1 is 0.371 bits per heavy atom. The van der Waals surface area contributed by atoms with Crippen LogP contribution in [0.25, 0.3) is 82.8 Å². The monoisotopic (exact) mass is 791 g/mol. The summed E-state index contributed by atoms with van der Waals surface area (Å²) in [5.41, 5.74) is 14.2. The van der Waals surface area contributed by atoms with Gasteiger partial charge in [0.1, 0.15) is 5.84 Å². The van der Waals surface area contributed by atoms with Crippen molar-refractivity contribution in [3.63, 3.8) is 0 Å². The molecule has 0 saturated heterocycles. The van der Waals surface area contributed by atoms with Crippen LogP contribution in [0.3, 0.4) is 0 Å². The summed E-state index contributed by atoms with van der Waals surface area (Å²) in [6.45, 7) is 0. The molecule has 10 aromatic rings. The van der Waals surface area contributed by atoms with E-state index in [1.807, 2.05) is 0 Å². The van der Waals surface area contributed by atoms with Gasteiger partial charge in [-0.1, -0.05) is 194 Å². The molecule has 0 fully saturated rings. The molecular weight excluding hydrogens is 751 g/mol. The maximum atomic E-state index is 5.28. The summed E-state index contributed by atoms with van der Waals surface area (Å²) in [6, 6.07) is 77.5. The number of rotatable bonds is 7. The van der Waals surface area contributed by atoms with Gasteiger partial charge in [-0.05, 0) is 103 Å². The van der Waals surface area contributed by atoms with Gasteiger partial charge < -0.3 is 9.47 Å². The van der Waals surface area contributed by atoms with Crippen LogP contribution in [-0.2, 0) is 0 Å². The summed E-state index contributed by atoms with van der Waals surface area (Å²) < 4.78 is 2.38. The van der Waals surface area contributed by atoms with E-state index >= 15 is 0 Å². The maximum Gasteiger partial charge on any atom is 0.136 e. The topological polar surface area (TPSA) is 20.5 Å². The lowest BCUT2D eigenvalue weighted by molar-refractivity contribution is 0.739. The number of benzene rings is 9. The van der Waals surface area contributed by atoms with Crippen molar-refractivity contribution in [1.29, 1.82) is 0 Å². The van der Waals surface area contributed by atoms with Crippen molar-refractivity contribution in [2.45, 2.75) is 12.1 Å². The number of amidine groups is 1. The SMILES string of the molecule is C1=CC2N=C(c3ccc(-c4c5ccccc5c(-c5ccc(-c6cc7ccccc7n6-c6ccccc6)cc5)c5cc(-c6ccccc6)ccc45)cc3)N(c3ccccc3)C2C=C1. The zero-order chi connectivity index (χ0) is 41.0. The quantitative estimate of drug-likeness (QED) is 0.147. The molecule has 3 heteroatoms. The highest BCUT2D eigenvalue weighted by atomic mass is 15.3. The second kappa shape index (κ2) is 14.9. The number of hydrogen-bond donors (Lipinski definition) is 0. The van der Waals surface area contributed by atoms with Gasteiger partial charge in [-0.3, -0.25) is 4.99 Å². The molecule has 0 radical (unpaired) electrons. The van der Waals surface area contributed by atoms with Gasteiger partial charge in [0.05, 0.1) is 23.3 Å². The molecule has 0 bridgehead atoms. The van der Waals surface area contributed by atoms with Gasteiger partial charge in [-0.2, -0.15) is 0 Å². The fourth-order valence-corrected chi connectivity index (χ4v) is 9.81. The molecule has 0 N–H and O–H groups in total. The summed E-state index contributed by atoms with van der Waals surface area (Å²) in [4.78, 5) is 7.67. The molecule has 1 aromatic heterocycles. The fourth-order valence-electron chi connectivity index (χ4n) is 9.81. The molecular formula is C59H41N3. The number of anilines is 1. The Bertz CT molecular complexity index is 3380. The van der Waals surface area contributed by atoms with Gasteiger partial charge in [-0.15, -0.1) is 0 Å². The number of allylic oxidation sites excluding steroid dienone is 2. The average Bonchev–Trinajstić information content (AvgIpc) is 3.94. The minimum absolute atomic E-state index is 0.0807. The second-order valence-corrected chi connectivity index (χ2v) is 16.2. The van der Waals surface area contributed by atoms with Gasteiger partial charge in [0.25, 0.3) is 0 Å². The molecule has 62 heavy (non-hydrogen) atoms. The Hall–Kier alpha value is -8.01. The summed E-state index contributed by atoms with van der Waals surface area (Å²) in [7, 11) is 0. The molecule has 1 aliphatic heterocycles. The van der Waals surface area contributed by atoms with Gasteiger partial charge in [0, 0.05) is 22.3 Å². The predicted octanol–water partition coefficient (Wildman–Crippen LogP) is 14.7. The Balaban J connectivity index is 1.01. The van der Waals surface area contributed by atoms with Crippen LogP contribution in [0.15, 0.2) is 242 Å². The molecule has 2 unspecified atom stereocenters. The van der Waals surface area contributed by atoms with E-state index in [0.717, 1.165) is 22.8 Å². The maximum absolute atomic E-state index is 5.28. The number of nitrogens with zero attached hydrogens (tertiary/aromatic N) is 3. The Morgan fingerprint density at radius 3 is 1.61 bits per heavy atom. The van der Waals surface area contributed by atoms with Gasteiger partial charge in [-0.25, -0.2) is 0 Å². The van der Waals surface area contributed by atoms with Crippen LogP contribution in [0.5, 0.6) is 0 Å². The highest BCUT2D eigenvalue weighted by molar-refractivity contribution is 6.22. The molecule has 2 heterocycles. The third-order valence-corrected chi connectivity index (χ3v) is 12.7. The molecule has 292 valence electrons. The lowest BCUT2D eigenvalue weighted by atomic mass is 9.84. The number of fused-ring (bicyclic) bond motifs is 4. The van der Waals surface area contributed by atoms with Crippen LogP contribution >= 0.6 is 0 Å². The number of aliphatic imine (C=N–C) groups is 1. The van der Waals surface area contributed by atoms with Crippen LogP contribution in [-0.4, -0.2) is 22.5 Å². The summed E-state index contributed by atoms with van der Waals surface area (Å²) in [6.07, 6.45) is 8.73. The average molecular weight is 792 g/mol. The summed E-state index contributed by atoms with van der Waals surface area (Å²) in [5, 5.41) is 6.14. The van der Waals surface area contributed by atoms with Crippen LogP contribution in [0.4, 0.5) is 5.69 Å². The fraction of sp³-hybridized carbons (Fsp3) is 0.0339. The first-order chi connectivity index (χ1) is 30.8. The van der Waals surface area contributed by atoms with Crippen LogP contribution in [0, 0.1) is 0 Å². The third-order valence-electron chi connectivity index (χ3n) is 12.7. The zero-order valence-electron chi connectivity index (χ0n) is 34.0. The molecule has 1 aliphatic carbocycles. The van der Waals surface area contributed by atoms with Crippen molar-refractivity contribution in [3.8, 4) is 50.3 Å². The smallest absolute Gasteiger partial charge is 0.136 e. The third kappa shape index (κ3) is 6.01. The minimum atomic E-state index is 0.0807. The molecule has 3 nitrogen and oxygen atoms in total. The highest BCUT2D eigenvalue weighted by Crippen LogP contribution is 2.46.